The number of benzene rings is 1. The molecule has 2 atom stereocenters. The smallest absolute Gasteiger partial charge is 0.262 e. The first-order valence-corrected chi connectivity index (χ1v) is 7.54. The van der Waals surface area contributed by atoms with Gasteiger partial charge in [-0.15, -0.1) is 0 Å². The molecule has 0 spiro atoms. The van der Waals surface area contributed by atoms with Crippen LogP contribution in [0, 0.1) is 11.3 Å². The van der Waals surface area contributed by atoms with Crippen molar-refractivity contribution in [3.05, 3.63) is 34.6 Å². The Morgan fingerprint density at radius 1 is 1.40 bits per heavy atom. The second-order valence-electron chi connectivity index (χ2n) is 4.73. The Morgan fingerprint density at radius 3 is 2.75 bits per heavy atom. The predicted molar refractivity (Wildman–Crippen MR) is 81.9 cm³/mol. The number of para-hydroxylation sites is 1. The first-order chi connectivity index (χ1) is 9.58. The molecule has 0 unspecified atom stereocenters. The number of thioether (sulfide) groups is 1. The summed E-state index contributed by atoms with van der Waals surface area (Å²) < 4.78 is 1.71. The number of nitrogens with zero attached hydrogens (tertiary/aromatic N) is 3. The van der Waals surface area contributed by atoms with Gasteiger partial charge in [-0.05, 0) is 32.4 Å². The minimum atomic E-state index is -0.238. The highest BCUT2D eigenvalue weighted by Crippen LogP contribution is 2.25. The third-order valence-corrected chi connectivity index (χ3v) is 4.23. The van der Waals surface area contributed by atoms with Crippen LogP contribution >= 0.6 is 11.8 Å². The standard InChI is InChI=1S/C15H17N3OS/c1-4-10(2)18-14(19)12-7-5-6-8-13(12)17-15(18)20-11(3)9-16/h5-8,10-11H,4H2,1-3H3/t10-,11-/m0/s1. The average Bonchev–Trinajstić information content (AvgIpc) is 2.46. The molecule has 0 aliphatic heterocycles. The molecular formula is C15H17N3OS. The Kier molecular flexibility index (Phi) is 4.46. The van der Waals surface area contributed by atoms with Crippen LogP contribution in [0.3, 0.4) is 0 Å². The zero-order valence-corrected chi connectivity index (χ0v) is 12.6. The fourth-order valence-corrected chi connectivity index (χ4v) is 2.86. The summed E-state index contributed by atoms with van der Waals surface area (Å²) in [5, 5.41) is 9.99. The van der Waals surface area contributed by atoms with Crippen LogP contribution in [-0.4, -0.2) is 14.8 Å². The van der Waals surface area contributed by atoms with E-state index in [0.29, 0.717) is 16.1 Å². The van der Waals surface area contributed by atoms with Gasteiger partial charge in [-0.2, -0.15) is 5.26 Å². The van der Waals surface area contributed by atoms with Gasteiger partial charge in [0.1, 0.15) is 0 Å². The summed E-state index contributed by atoms with van der Waals surface area (Å²) in [6, 6.07) is 9.58. The molecule has 1 heterocycles. The van der Waals surface area contributed by atoms with E-state index >= 15 is 0 Å². The number of aromatic nitrogens is 2. The monoisotopic (exact) mass is 287 g/mol. The van der Waals surface area contributed by atoms with E-state index in [0.717, 1.165) is 6.42 Å². The Labute approximate surface area is 122 Å². The van der Waals surface area contributed by atoms with Gasteiger partial charge in [-0.25, -0.2) is 4.98 Å². The van der Waals surface area contributed by atoms with Gasteiger partial charge < -0.3 is 0 Å². The van der Waals surface area contributed by atoms with Gasteiger partial charge in [0.25, 0.3) is 5.56 Å². The maximum atomic E-state index is 12.6. The van der Waals surface area contributed by atoms with Crippen molar-refractivity contribution in [3.63, 3.8) is 0 Å². The van der Waals surface area contributed by atoms with E-state index in [4.69, 9.17) is 5.26 Å². The van der Waals surface area contributed by atoms with E-state index < -0.39 is 0 Å². The summed E-state index contributed by atoms with van der Waals surface area (Å²) in [7, 11) is 0. The quantitative estimate of drug-likeness (QED) is 0.639. The van der Waals surface area contributed by atoms with Crippen LogP contribution in [0.5, 0.6) is 0 Å². The highest BCUT2D eigenvalue weighted by atomic mass is 32.2. The van der Waals surface area contributed by atoms with Crippen molar-refractivity contribution >= 4 is 22.7 Å². The Hall–Kier alpha value is -1.80. The summed E-state index contributed by atoms with van der Waals surface area (Å²) in [4.78, 5) is 17.2. The first kappa shape index (κ1) is 14.6. The van der Waals surface area contributed by atoms with Gasteiger partial charge in [-0.1, -0.05) is 30.8 Å². The summed E-state index contributed by atoms with van der Waals surface area (Å²) in [5.74, 6) is 0. The highest BCUT2D eigenvalue weighted by Gasteiger charge is 2.17. The molecule has 1 aromatic heterocycles. The number of rotatable bonds is 4. The largest absolute Gasteiger partial charge is 0.284 e. The number of fused-ring (bicyclic) bond motifs is 1. The third-order valence-electron chi connectivity index (χ3n) is 3.27. The lowest BCUT2D eigenvalue weighted by molar-refractivity contribution is 0.468. The number of hydrogen-bond donors (Lipinski definition) is 0. The van der Waals surface area contributed by atoms with Gasteiger partial charge in [0, 0.05) is 6.04 Å². The molecule has 104 valence electrons. The van der Waals surface area contributed by atoms with E-state index in [1.165, 1.54) is 11.8 Å². The van der Waals surface area contributed by atoms with Crippen LogP contribution in [0.4, 0.5) is 0 Å². The van der Waals surface area contributed by atoms with Crippen LogP contribution in [0.15, 0.2) is 34.2 Å². The fraction of sp³-hybridized carbons (Fsp3) is 0.400. The lowest BCUT2D eigenvalue weighted by Crippen LogP contribution is -2.26. The van der Waals surface area contributed by atoms with Crippen molar-refractivity contribution < 1.29 is 0 Å². The fourth-order valence-electron chi connectivity index (χ4n) is 1.96. The summed E-state index contributed by atoms with van der Waals surface area (Å²) in [6.07, 6.45) is 0.842. The maximum absolute atomic E-state index is 12.6. The van der Waals surface area contributed by atoms with Gasteiger partial charge in [-0.3, -0.25) is 9.36 Å². The van der Waals surface area contributed by atoms with Crippen molar-refractivity contribution in [1.82, 2.24) is 9.55 Å². The molecule has 5 heteroatoms. The highest BCUT2D eigenvalue weighted by molar-refractivity contribution is 8.00. The topological polar surface area (TPSA) is 58.7 Å². The molecule has 1 aromatic carbocycles. The van der Waals surface area contributed by atoms with Gasteiger partial charge in [0.05, 0.1) is 22.2 Å². The molecule has 2 aromatic rings. The molecule has 4 nitrogen and oxygen atoms in total. The van der Waals surface area contributed by atoms with E-state index in [1.807, 2.05) is 39.0 Å². The Morgan fingerprint density at radius 2 is 2.10 bits per heavy atom. The molecule has 2 rings (SSSR count). The zero-order chi connectivity index (χ0) is 14.7. The lowest BCUT2D eigenvalue weighted by atomic mass is 10.2. The number of nitriles is 1. The SMILES string of the molecule is CC[C@H](C)n1c(S[C@@H](C)C#N)nc2ccccc2c1=O. The van der Waals surface area contributed by atoms with Crippen molar-refractivity contribution in [2.24, 2.45) is 0 Å². The average molecular weight is 287 g/mol. The second-order valence-corrected chi connectivity index (χ2v) is 6.04. The molecule has 0 fully saturated rings. The zero-order valence-electron chi connectivity index (χ0n) is 11.8. The van der Waals surface area contributed by atoms with Crippen molar-refractivity contribution in [2.75, 3.05) is 0 Å². The van der Waals surface area contributed by atoms with E-state index in [-0.39, 0.29) is 16.9 Å². The molecule has 0 bridgehead atoms. The summed E-state index contributed by atoms with van der Waals surface area (Å²) in [5.41, 5.74) is 0.655. The molecule has 0 amide bonds. The van der Waals surface area contributed by atoms with Crippen LogP contribution in [-0.2, 0) is 0 Å². The second kappa shape index (κ2) is 6.10. The Balaban J connectivity index is 2.70. The van der Waals surface area contributed by atoms with Crippen LogP contribution in [0.1, 0.15) is 33.2 Å². The normalized spacial score (nSPS) is 13.9. The molecule has 20 heavy (non-hydrogen) atoms. The van der Waals surface area contributed by atoms with Gasteiger partial charge in [0.15, 0.2) is 5.16 Å². The minimum Gasteiger partial charge on any atom is -0.284 e. The molecule has 0 N–H and O–H groups in total. The van der Waals surface area contributed by atoms with Crippen molar-refractivity contribution in [1.29, 1.82) is 5.26 Å². The van der Waals surface area contributed by atoms with E-state index in [9.17, 15) is 4.79 Å². The first-order valence-electron chi connectivity index (χ1n) is 6.66. The molecular weight excluding hydrogens is 270 g/mol. The maximum Gasteiger partial charge on any atom is 0.262 e. The third kappa shape index (κ3) is 2.70. The molecule has 0 saturated heterocycles. The molecule has 0 aliphatic carbocycles. The van der Waals surface area contributed by atoms with Crippen molar-refractivity contribution in [3.8, 4) is 6.07 Å². The van der Waals surface area contributed by atoms with Gasteiger partial charge in [0.2, 0.25) is 0 Å². The summed E-state index contributed by atoms with van der Waals surface area (Å²) in [6.45, 7) is 5.85. The Bertz CT molecular complexity index is 717. The summed E-state index contributed by atoms with van der Waals surface area (Å²) >= 11 is 1.33. The van der Waals surface area contributed by atoms with Crippen LogP contribution in [0.2, 0.25) is 0 Å². The van der Waals surface area contributed by atoms with Crippen LogP contribution in [0.25, 0.3) is 10.9 Å². The molecule has 0 aliphatic rings. The minimum absolute atomic E-state index is 0.0300. The molecule has 0 radical (unpaired) electrons. The van der Waals surface area contributed by atoms with Gasteiger partial charge >= 0.3 is 0 Å². The van der Waals surface area contributed by atoms with E-state index in [1.54, 1.807) is 10.6 Å². The lowest BCUT2D eigenvalue weighted by Gasteiger charge is -2.18. The van der Waals surface area contributed by atoms with Crippen molar-refractivity contribution in [2.45, 2.75) is 43.6 Å². The van der Waals surface area contributed by atoms with E-state index in [2.05, 4.69) is 11.1 Å². The van der Waals surface area contributed by atoms with Crippen LogP contribution < -0.4 is 5.56 Å². The predicted octanol–water partition coefficient (Wildman–Crippen LogP) is 3.37. The number of hydrogen-bond acceptors (Lipinski definition) is 4. The molecule has 0 saturated carbocycles.